The van der Waals surface area contributed by atoms with Crippen LogP contribution in [0.5, 0.6) is 5.75 Å². The van der Waals surface area contributed by atoms with Crippen LogP contribution in [-0.4, -0.2) is 17.1 Å². The normalized spacial score (nSPS) is 11.2. The van der Waals surface area contributed by atoms with Crippen LogP contribution in [0.1, 0.15) is 21.5 Å². The fraction of sp³-hybridized carbons (Fsp3) is 0.0294. The molecule has 0 atom stereocenters. The number of carbonyl (C=O) groups excluding carboxylic acids is 1. The minimum absolute atomic E-state index is 0.319. The number of carbonyl (C=O) groups is 1. The molecule has 0 aliphatic rings. The fourth-order valence-corrected chi connectivity index (χ4v) is 5.05. The molecule has 0 spiro atoms. The Labute approximate surface area is 240 Å². The maximum atomic E-state index is 13.3. The highest BCUT2D eigenvalue weighted by Gasteiger charge is 2.14. The van der Waals surface area contributed by atoms with E-state index in [2.05, 4.69) is 50.7 Å². The molecule has 0 saturated heterocycles. The number of fused-ring (bicyclic) bond motifs is 2. The van der Waals surface area contributed by atoms with Gasteiger partial charge in [-0.25, -0.2) is 10.4 Å². The van der Waals surface area contributed by atoms with Gasteiger partial charge in [0.25, 0.3) is 5.91 Å². The number of halogens is 1. The number of aromatic nitrogens is 1. The molecule has 0 fully saturated rings. The molecule has 5 nitrogen and oxygen atoms in total. The van der Waals surface area contributed by atoms with Crippen molar-refractivity contribution in [2.24, 2.45) is 5.10 Å². The Morgan fingerprint density at radius 1 is 0.825 bits per heavy atom. The second-order valence-electron chi connectivity index (χ2n) is 9.25. The average Bonchev–Trinajstić information content (AvgIpc) is 3.00. The molecule has 0 aliphatic carbocycles. The first-order valence-corrected chi connectivity index (χ1v) is 13.6. The first-order valence-electron chi connectivity index (χ1n) is 12.8. The lowest BCUT2D eigenvalue weighted by molar-refractivity contribution is 0.0956. The molecule has 6 rings (SSSR count). The predicted octanol–water partition coefficient (Wildman–Crippen LogP) is 8.16. The third-order valence-electron chi connectivity index (χ3n) is 6.64. The Morgan fingerprint density at radius 2 is 1.57 bits per heavy atom. The van der Waals surface area contributed by atoms with Gasteiger partial charge in [0.2, 0.25) is 0 Å². The highest BCUT2D eigenvalue weighted by atomic mass is 79.9. The summed E-state index contributed by atoms with van der Waals surface area (Å²) in [5.41, 5.74) is 7.44. The zero-order valence-corrected chi connectivity index (χ0v) is 23.0. The minimum Gasteiger partial charge on any atom is -0.488 e. The number of rotatable bonds is 7. The van der Waals surface area contributed by atoms with E-state index >= 15 is 0 Å². The Balaban J connectivity index is 1.24. The van der Waals surface area contributed by atoms with E-state index in [1.54, 1.807) is 12.3 Å². The van der Waals surface area contributed by atoms with Crippen LogP contribution in [0.15, 0.2) is 131 Å². The molecule has 5 aromatic carbocycles. The molecular formula is C34H24BrN3O2. The van der Waals surface area contributed by atoms with Gasteiger partial charge in [0, 0.05) is 21.0 Å². The van der Waals surface area contributed by atoms with Crippen molar-refractivity contribution in [1.82, 2.24) is 10.4 Å². The van der Waals surface area contributed by atoms with Crippen LogP contribution >= 0.6 is 15.9 Å². The summed E-state index contributed by atoms with van der Waals surface area (Å²) >= 11 is 3.53. The predicted molar refractivity (Wildman–Crippen MR) is 165 cm³/mol. The molecule has 0 saturated carbocycles. The zero-order chi connectivity index (χ0) is 27.3. The second kappa shape index (κ2) is 11.5. The monoisotopic (exact) mass is 585 g/mol. The van der Waals surface area contributed by atoms with E-state index in [-0.39, 0.29) is 5.91 Å². The maximum absolute atomic E-state index is 13.3. The van der Waals surface area contributed by atoms with E-state index in [1.807, 2.05) is 91.0 Å². The first-order chi connectivity index (χ1) is 19.7. The largest absolute Gasteiger partial charge is 0.488 e. The molecular weight excluding hydrogens is 562 g/mol. The number of pyridine rings is 1. The van der Waals surface area contributed by atoms with Gasteiger partial charge in [-0.3, -0.25) is 4.79 Å². The molecule has 0 unspecified atom stereocenters. The van der Waals surface area contributed by atoms with E-state index in [1.165, 1.54) is 5.39 Å². The van der Waals surface area contributed by atoms with Crippen molar-refractivity contribution in [3.05, 3.63) is 142 Å². The van der Waals surface area contributed by atoms with Gasteiger partial charge in [-0.2, -0.15) is 5.10 Å². The third-order valence-corrected chi connectivity index (χ3v) is 7.13. The summed E-state index contributed by atoms with van der Waals surface area (Å²) in [7, 11) is 0. The number of hydrogen-bond donors (Lipinski definition) is 1. The molecule has 0 bridgehead atoms. The molecule has 1 N–H and O–H groups in total. The highest BCUT2D eigenvalue weighted by molar-refractivity contribution is 9.10. The number of amides is 1. The number of nitrogens with zero attached hydrogens (tertiary/aromatic N) is 2. The quantitative estimate of drug-likeness (QED) is 0.152. The van der Waals surface area contributed by atoms with Gasteiger partial charge >= 0.3 is 0 Å². The Bertz CT molecular complexity index is 1860. The minimum atomic E-state index is -0.319. The number of benzene rings is 5. The van der Waals surface area contributed by atoms with Gasteiger partial charge in [-0.15, -0.1) is 0 Å². The van der Waals surface area contributed by atoms with Gasteiger partial charge < -0.3 is 4.74 Å². The van der Waals surface area contributed by atoms with Crippen LogP contribution < -0.4 is 10.2 Å². The van der Waals surface area contributed by atoms with Gasteiger partial charge in [0.15, 0.2) is 0 Å². The fourth-order valence-electron chi connectivity index (χ4n) is 4.67. The van der Waals surface area contributed by atoms with Crippen molar-refractivity contribution in [3.63, 3.8) is 0 Å². The van der Waals surface area contributed by atoms with E-state index in [0.717, 1.165) is 43.1 Å². The summed E-state index contributed by atoms with van der Waals surface area (Å²) in [5.74, 6) is 0.343. The lowest BCUT2D eigenvalue weighted by Gasteiger charge is -2.12. The van der Waals surface area contributed by atoms with Crippen molar-refractivity contribution in [2.75, 3.05) is 0 Å². The highest BCUT2D eigenvalue weighted by Crippen LogP contribution is 2.26. The van der Waals surface area contributed by atoms with E-state index < -0.39 is 0 Å². The lowest BCUT2D eigenvalue weighted by atomic mass is 10.0. The molecule has 6 aromatic rings. The summed E-state index contributed by atoms with van der Waals surface area (Å²) in [6.07, 6.45) is 1.60. The van der Waals surface area contributed by atoms with Gasteiger partial charge in [-0.05, 0) is 46.7 Å². The van der Waals surface area contributed by atoms with Crippen LogP contribution in [0.3, 0.4) is 0 Å². The van der Waals surface area contributed by atoms with Crippen LogP contribution in [0.25, 0.3) is 32.9 Å². The number of hydrogen-bond acceptors (Lipinski definition) is 4. The van der Waals surface area contributed by atoms with Crippen molar-refractivity contribution in [1.29, 1.82) is 0 Å². The summed E-state index contributed by atoms with van der Waals surface area (Å²) < 4.78 is 7.10. The molecule has 1 heterocycles. The topological polar surface area (TPSA) is 63.6 Å². The number of nitrogens with one attached hydrogen (secondary N) is 1. The molecule has 194 valence electrons. The van der Waals surface area contributed by atoms with Crippen LogP contribution in [0.4, 0.5) is 0 Å². The van der Waals surface area contributed by atoms with Crippen molar-refractivity contribution < 1.29 is 9.53 Å². The first kappa shape index (κ1) is 25.5. The smallest absolute Gasteiger partial charge is 0.272 e. The summed E-state index contributed by atoms with van der Waals surface area (Å²) in [6, 6.07) is 39.4. The molecule has 40 heavy (non-hydrogen) atoms. The van der Waals surface area contributed by atoms with Crippen LogP contribution in [-0.2, 0) is 6.61 Å². The van der Waals surface area contributed by atoms with Crippen LogP contribution in [0.2, 0.25) is 0 Å². The van der Waals surface area contributed by atoms with E-state index in [9.17, 15) is 4.79 Å². The van der Waals surface area contributed by atoms with Crippen molar-refractivity contribution in [3.8, 4) is 17.0 Å². The standard InChI is InChI=1S/C34H24BrN3O2/c35-27-17-18-33(40-22-25-13-8-12-23-9-4-5-14-28(23)25)26(19-27)21-36-38-34(39)30-20-32(24-10-2-1-3-11-24)37-31-16-7-6-15-29(30)31/h1-21H,22H2,(H,38,39)/b36-21+. The summed E-state index contributed by atoms with van der Waals surface area (Å²) in [6.45, 7) is 0.404. The maximum Gasteiger partial charge on any atom is 0.272 e. The van der Waals surface area contributed by atoms with Crippen molar-refractivity contribution >= 4 is 49.7 Å². The second-order valence-corrected chi connectivity index (χ2v) is 10.2. The molecule has 1 aromatic heterocycles. The Morgan fingerprint density at radius 3 is 2.45 bits per heavy atom. The Hall–Kier alpha value is -4.81. The lowest BCUT2D eigenvalue weighted by Crippen LogP contribution is -2.18. The average molecular weight is 586 g/mol. The third kappa shape index (κ3) is 5.48. The molecule has 1 amide bonds. The summed E-state index contributed by atoms with van der Waals surface area (Å²) in [5, 5.41) is 7.37. The van der Waals surface area contributed by atoms with Gasteiger partial charge in [-0.1, -0.05) is 107 Å². The number of ether oxygens (including phenoxy) is 1. The Kier molecular flexibility index (Phi) is 7.33. The SMILES string of the molecule is O=C(N/N=C/c1cc(Br)ccc1OCc1cccc2ccccc12)c1cc(-c2ccccc2)nc2ccccc12. The molecule has 6 heteroatoms. The van der Waals surface area contributed by atoms with Gasteiger partial charge in [0.1, 0.15) is 12.4 Å². The van der Waals surface area contributed by atoms with Crippen LogP contribution in [0, 0.1) is 0 Å². The zero-order valence-electron chi connectivity index (χ0n) is 21.4. The molecule has 0 radical (unpaired) electrons. The summed E-state index contributed by atoms with van der Waals surface area (Å²) in [4.78, 5) is 18.1. The number of hydrazone groups is 1. The van der Waals surface area contributed by atoms with E-state index in [0.29, 0.717) is 17.9 Å². The van der Waals surface area contributed by atoms with E-state index in [4.69, 9.17) is 9.72 Å². The molecule has 0 aliphatic heterocycles. The number of para-hydroxylation sites is 1. The van der Waals surface area contributed by atoms with Crippen molar-refractivity contribution in [2.45, 2.75) is 6.61 Å². The van der Waals surface area contributed by atoms with Gasteiger partial charge in [0.05, 0.1) is 23.0 Å².